The van der Waals surface area contributed by atoms with Crippen molar-refractivity contribution in [3.63, 3.8) is 0 Å². The molecule has 0 bridgehead atoms. The lowest BCUT2D eigenvalue weighted by atomic mass is 10.0. The highest BCUT2D eigenvalue weighted by atomic mass is 16.1. The van der Waals surface area contributed by atoms with Crippen LogP contribution in [0.1, 0.15) is 18.0 Å². The Bertz CT molecular complexity index is 652. The average Bonchev–Trinajstić information content (AvgIpc) is 3.01. The number of benzene rings is 2. The molecule has 2 aromatic carbocycles. The molecule has 4 heteroatoms. The summed E-state index contributed by atoms with van der Waals surface area (Å²) in [6.07, 6.45) is 0.610. The Kier molecular flexibility index (Phi) is 3.69. The van der Waals surface area contributed by atoms with Gasteiger partial charge in [0.05, 0.1) is 11.7 Å². The Hall–Kier alpha value is -2.62. The molecule has 1 heterocycles. The van der Waals surface area contributed by atoms with Crippen LogP contribution >= 0.6 is 0 Å². The Morgan fingerprint density at radius 1 is 1.10 bits per heavy atom. The number of anilines is 1. The molecule has 0 unspecified atom stereocenters. The van der Waals surface area contributed by atoms with Crippen molar-refractivity contribution in [2.24, 2.45) is 5.10 Å². The maximum atomic E-state index is 11.9. The lowest BCUT2D eigenvalue weighted by Gasteiger charge is -2.23. The molecular formula is C17H17N3O. The fraction of sp³-hybridized carbons (Fsp3) is 0.176. The summed E-state index contributed by atoms with van der Waals surface area (Å²) < 4.78 is 0. The lowest BCUT2D eigenvalue weighted by Crippen LogP contribution is -2.26. The number of amides is 1. The second kappa shape index (κ2) is 5.79. The van der Waals surface area contributed by atoms with Crippen LogP contribution in [0, 0.1) is 0 Å². The third kappa shape index (κ3) is 2.65. The Morgan fingerprint density at radius 2 is 1.71 bits per heavy atom. The number of nitrogens with zero attached hydrogens (tertiary/aromatic N) is 2. The smallest absolute Gasteiger partial charge is 0.267 e. The number of carbonyl (C=O) groups excluding carboxylic acids is 1. The summed E-state index contributed by atoms with van der Waals surface area (Å²) in [4.78, 5) is 11.9. The highest BCUT2D eigenvalue weighted by Gasteiger charge is 2.31. The maximum Gasteiger partial charge on any atom is 0.267 e. The predicted octanol–water partition coefficient (Wildman–Crippen LogP) is 2.74. The molecule has 0 aliphatic carbocycles. The minimum Gasteiger partial charge on any atom is -0.354 e. The molecule has 3 rings (SSSR count). The first-order valence-corrected chi connectivity index (χ1v) is 6.98. The van der Waals surface area contributed by atoms with Crippen LogP contribution in [-0.4, -0.2) is 18.7 Å². The number of para-hydroxylation sites is 1. The number of hydrogen-bond donors (Lipinski definition) is 1. The number of hydrazone groups is 1. The van der Waals surface area contributed by atoms with Crippen LogP contribution in [-0.2, 0) is 4.79 Å². The van der Waals surface area contributed by atoms with Crippen molar-refractivity contribution in [2.75, 3.05) is 12.1 Å². The molecule has 2 aromatic rings. The van der Waals surface area contributed by atoms with Crippen molar-refractivity contribution in [1.29, 1.82) is 0 Å². The Morgan fingerprint density at radius 3 is 2.33 bits per heavy atom. The minimum atomic E-state index is -0.116. The zero-order valence-electron chi connectivity index (χ0n) is 11.9. The van der Waals surface area contributed by atoms with Crippen molar-refractivity contribution in [2.45, 2.75) is 12.5 Å². The van der Waals surface area contributed by atoms with Gasteiger partial charge in [-0.05, 0) is 17.7 Å². The van der Waals surface area contributed by atoms with Crippen LogP contribution in [0.4, 0.5) is 5.69 Å². The van der Waals surface area contributed by atoms with E-state index in [1.807, 2.05) is 53.5 Å². The zero-order chi connectivity index (χ0) is 14.7. The van der Waals surface area contributed by atoms with Gasteiger partial charge >= 0.3 is 0 Å². The Balaban J connectivity index is 1.98. The summed E-state index contributed by atoms with van der Waals surface area (Å²) in [6.45, 7) is 0. The molecule has 0 radical (unpaired) electrons. The summed E-state index contributed by atoms with van der Waals surface area (Å²) in [5.74, 6) is -0.116. The number of nitrogens with one attached hydrogen (secondary N) is 1. The predicted molar refractivity (Wildman–Crippen MR) is 84.2 cm³/mol. The van der Waals surface area contributed by atoms with Crippen LogP contribution in [0.5, 0.6) is 0 Å². The third-order valence-corrected chi connectivity index (χ3v) is 3.60. The molecule has 0 spiro atoms. The summed E-state index contributed by atoms with van der Waals surface area (Å²) in [6, 6.07) is 20.2. The van der Waals surface area contributed by atoms with Gasteiger partial charge in [0.2, 0.25) is 0 Å². The summed E-state index contributed by atoms with van der Waals surface area (Å²) in [5.41, 5.74) is 2.71. The Labute approximate surface area is 124 Å². The SMILES string of the molecule is CNC(=O)C1=NN(c2ccccc2)[C@@H](c2ccccc2)C1. The quantitative estimate of drug-likeness (QED) is 0.939. The van der Waals surface area contributed by atoms with Crippen molar-refractivity contribution in [3.05, 3.63) is 66.2 Å². The minimum absolute atomic E-state index is 0.0564. The van der Waals surface area contributed by atoms with E-state index in [0.29, 0.717) is 12.1 Å². The normalized spacial score (nSPS) is 17.5. The lowest BCUT2D eigenvalue weighted by molar-refractivity contribution is -0.114. The van der Waals surface area contributed by atoms with E-state index >= 15 is 0 Å². The van der Waals surface area contributed by atoms with Gasteiger partial charge in [-0.2, -0.15) is 5.10 Å². The molecule has 1 N–H and O–H groups in total. The molecule has 1 atom stereocenters. The van der Waals surface area contributed by atoms with E-state index in [2.05, 4.69) is 22.6 Å². The van der Waals surface area contributed by atoms with E-state index in [0.717, 1.165) is 11.3 Å². The summed E-state index contributed by atoms with van der Waals surface area (Å²) in [5, 5.41) is 9.11. The zero-order valence-corrected chi connectivity index (χ0v) is 11.9. The van der Waals surface area contributed by atoms with E-state index in [1.54, 1.807) is 7.05 Å². The van der Waals surface area contributed by atoms with Gasteiger partial charge in [0.1, 0.15) is 5.71 Å². The topological polar surface area (TPSA) is 44.7 Å². The summed E-state index contributed by atoms with van der Waals surface area (Å²) >= 11 is 0. The fourth-order valence-electron chi connectivity index (χ4n) is 2.55. The maximum absolute atomic E-state index is 11.9. The molecule has 0 aromatic heterocycles. The second-order valence-corrected chi connectivity index (χ2v) is 4.94. The fourth-order valence-corrected chi connectivity index (χ4v) is 2.55. The first kappa shape index (κ1) is 13.4. The second-order valence-electron chi connectivity index (χ2n) is 4.94. The van der Waals surface area contributed by atoms with E-state index in [9.17, 15) is 4.79 Å². The van der Waals surface area contributed by atoms with Gasteiger partial charge in [-0.15, -0.1) is 0 Å². The van der Waals surface area contributed by atoms with Crippen LogP contribution in [0.2, 0.25) is 0 Å². The van der Waals surface area contributed by atoms with Gasteiger partial charge in [-0.25, -0.2) is 0 Å². The van der Waals surface area contributed by atoms with Crippen molar-refractivity contribution >= 4 is 17.3 Å². The highest BCUT2D eigenvalue weighted by Crippen LogP contribution is 2.34. The van der Waals surface area contributed by atoms with Gasteiger partial charge < -0.3 is 5.32 Å². The van der Waals surface area contributed by atoms with E-state index < -0.39 is 0 Å². The third-order valence-electron chi connectivity index (χ3n) is 3.60. The van der Waals surface area contributed by atoms with Gasteiger partial charge in [0.15, 0.2) is 0 Å². The highest BCUT2D eigenvalue weighted by molar-refractivity contribution is 6.39. The number of carbonyl (C=O) groups is 1. The molecule has 21 heavy (non-hydrogen) atoms. The van der Waals surface area contributed by atoms with Crippen LogP contribution in [0.15, 0.2) is 65.8 Å². The molecule has 1 aliphatic heterocycles. The molecule has 1 aliphatic rings. The van der Waals surface area contributed by atoms with E-state index in [-0.39, 0.29) is 11.9 Å². The van der Waals surface area contributed by atoms with Gasteiger partial charge in [0, 0.05) is 13.5 Å². The van der Waals surface area contributed by atoms with Crippen LogP contribution in [0.3, 0.4) is 0 Å². The molecule has 0 fully saturated rings. The van der Waals surface area contributed by atoms with Crippen molar-refractivity contribution in [1.82, 2.24) is 5.32 Å². The van der Waals surface area contributed by atoms with Crippen molar-refractivity contribution < 1.29 is 4.79 Å². The van der Waals surface area contributed by atoms with Crippen LogP contribution in [0.25, 0.3) is 0 Å². The van der Waals surface area contributed by atoms with E-state index in [1.165, 1.54) is 0 Å². The van der Waals surface area contributed by atoms with Gasteiger partial charge in [0.25, 0.3) is 5.91 Å². The molecule has 4 nitrogen and oxygen atoms in total. The summed E-state index contributed by atoms with van der Waals surface area (Å²) in [7, 11) is 1.63. The number of hydrogen-bond acceptors (Lipinski definition) is 3. The molecule has 106 valence electrons. The van der Waals surface area contributed by atoms with Crippen molar-refractivity contribution in [3.8, 4) is 0 Å². The van der Waals surface area contributed by atoms with Gasteiger partial charge in [-0.1, -0.05) is 48.5 Å². The first-order valence-electron chi connectivity index (χ1n) is 6.98. The van der Waals surface area contributed by atoms with E-state index in [4.69, 9.17) is 0 Å². The molecular weight excluding hydrogens is 262 g/mol. The average molecular weight is 279 g/mol. The van der Waals surface area contributed by atoms with Gasteiger partial charge in [-0.3, -0.25) is 9.80 Å². The number of rotatable bonds is 3. The molecule has 0 saturated carbocycles. The molecule has 1 amide bonds. The monoisotopic (exact) mass is 279 g/mol. The standard InChI is InChI=1S/C17H17N3O/c1-18-17(21)15-12-16(13-8-4-2-5-9-13)20(19-15)14-10-6-3-7-11-14/h2-11,16H,12H2,1H3,(H,18,21)/t16-/m1/s1. The molecule has 0 saturated heterocycles. The van der Waals surface area contributed by atoms with Crippen LogP contribution < -0.4 is 10.3 Å². The largest absolute Gasteiger partial charge is 0.354 e. The first-order chi connectivity index (χ1) is 10.3.